The van der Waals surface area contributed by atoms with Gasteiger partial charge in [0, 0.05) is 6.42 Å². The molecule has 0 saturated heterocycles. The molecule has 8 nitrogen and oxygen atoms in total. The molecule has 0 aliphatic rings. The van der Waals surface area contributed by atoms with Crippen molar-refractivity contribution in [3.8, 4) is 0 Å². The van der Waals surface area contributed by atoms with Crippen molar-refractivity contribution in [3.63, 3.8) is 0 Å². The first-order valence-corrected chi connectivity index (χ1v) is 9.44. The van der Waals surface area contributed by atoms with Gasteiger partial charge in [-0.1, -0.05) is 42.5 Å². The summed E-state index contributed by atoms with van der Waals surface area (Å²) < 4.78 is 43.0. The van der Waals surface area contributed by atoms with Gasteiger partial charge >= 0.3 is 12.3 Å². The van der Waals surface area contributed by atoms with E-state index < -0.39 is 48.3 Å². The highest BCUT2D eigenvalue weighted by Crippen LogP contribution is 2.29. The average molecular weight is 453 g/mol. The van der Waals surface area contributed by atoms with Crippen LogP contribution in [0.1, 0.15) is 16.7 Å². The summed E-state index contributed by atoms with van der Waals surface area (Å²) in [7, 11) is 0. The minimum Gasteiger partial charge on any atom is -0.445 e. The van der Waals surface area contributed by atoms with Crippen molar-refractivity contribution in [2.24, 2.45) is 5.73 Å². The van der Waals surface area contributed by atoms with E-state index in [1.54, 1.807) is 30.3 Å². The zero-order valence-electron chi connectivity index (χ0n) is 16.8. The quantitative estimate of drug-likeness (QED) is 0.457. The second-order valence-electron chi connectivity index (χ2n) is 6.80. The lowest BCUT2D eigenvalue weighted by molar-refractivity contribution is -0.137. The van der Waals surface area contributed by atoms with Crippen LogP contribution in [0.3, 0.4) is 0 Å². The number of alkyl carbamates (subject to hydrolysis) is 1. The van der Waals surface area contributed by atoms with Gasteiger partial charge in [-0.15, -0.1) is 0 Å². The fourth-order valence-electron chi connectivity index (χ4n) is 2.66. The van der Waals surface area contributed by atoms with Crippen LogP contribution in [-0.4, -0.2) is 41.7 Å². The molecule has 2 aromatic carbocycles. The maximum Gasteiger partial charge on any atom is 0.416 e. The predicted octanol–water partition coefficient (Wildman–Crippen LogP) is 1.51. The lowest BCUT2D eigenvalue weighted by Crippen LogP contribution is -2.54. The number of nitrogens with one attached hydrogen (secondary N) is 2. The van der Waals surface area contributed by atoms with Crippen LogP contribution in [0.25, 0.3) is 0 Å². The minimum atomic E-state index is -4.51. The monoisotopic (exact) mass is 453 g/mol. The number of amides is 3. The van der Waals surface area contributed by atoms with E-state index in [4.69, 9.17) is 10.5 Å². The van der Waals surface area contributed by atoms with E-state index in [1.807, 2.05) is 0 Å². The van der Waals surface area contributed by atoms with Gasteiger partial charge in [0.2, 0.25) is 11.8 Å². The van der Waals surface area contributed by atoms with E-state index in [0.29, 0.717) is 11.1 Å². The summed E-state index contributed by atoms with van der Waals surface area (Å²) in [6, 6.07) is 10.0. The van der Waals surface area contributed by atoms with Gasteiger partial charge in [-0.3, -0.25) is 9.59 Å². The summed E-state index contributed by atoms with van der Waals surface area (Å²) in [5.74, 6) is -1.86. The van der Waals surface area contributed by atoms with Gasteiger partial charge in [-0.05, 0) is 23.3 Å². The minimum absolute atomic E-state index is 0.0652. The molecule has 2 aromatic rings. The standard InChI is InChI=1S/C21H22F3N3O5/c22-21(23,24)15-8-6-13(7-9-15)10-16(18(25)29)26-19(30)17(11-28)27-20(31)32-12-14-4-2-1-3-5-14/h1-9,16-17,28H,10-12H2,(H2,25,29)(H,26,30)(H,27,31)/t16-,17+/m1/s1. The molecule has 3 amide bonds. The number of hydrogen-bond acceptors (Lipinski definition) is 5. The third-order valence-electron chi connectivity index (χ3n) is 4.38. The van der Waals surface area contributed by atoms with E-state index in [-0.39, 0.29) is 13.0 Å². The molecule has 5 N–H and O–H groups in total. The fraction of sp³-hybridized carbons (Fsp3) is 0.286. The number of alkyl halides is 3. The summed E-state index contributed by atoms with van der Waals surface area (Å²) >= 11 is 0. The number of carbonyl (C=O) groups excluding carboxylic acids is 3. The number of nitrogens with two attached hydrogens (primary N) is 1. The number of benzene rings is 2. The molecule has 0 bridgehead atoms. The number of ether oxygens (including phenoxy) is 1. The van der Waals surface area contributed by atoms with E-state index in [2.05, 4.69) is 10.6 Å². The maximum absolute atomic E-state index is 12.7. The van der Waals surface area contributed by atoms with Crippen LogP contribution in [-0.2, 0) is 33.5 Å². The topological polar surface area (TPSA) is 131 Å². The van der Waals surface area contributed by atoms with Gasteiger partial charge in [0.25, 0.3) is 0 Å². The van der Waals surface area contributed by atoms with Crippen molar-refractivity contribution in [1.82, 2.24) is 10.6 Å². The van der Waals surface area contributed by atoms with Crippen molar-refractivity contribution in [1.29, 1.82) is 0 Å². The molecule has 32 heavy (non-hydrogen) atoms. The predicted molar refractivity (Wildman–Crippen MR) is 107 cm³/mol. The van der Waals surface area contributed by atoms with Gasteiger partial charge in [-0.25, -0.2) is 4.79 Å². The van der Waals surface area contributed by atoms with Crippen molar-refractivity contribution in [3.05, 3.63) is 71.3 Å². The van der Waals surface area contributed by atoms with Crippen molar-refractivity contribution in [2.75, 3.05) is 6.61 Å². The molecule has 0 heterocycles. The summed E-state index contributed by atoms with van der Waals surface area (Å²) in [5.41, 5.74) is 5.44. The van der Waals surface area contributed by atoms with Crippen LogP contribution in [0, 0.1) is 0 Å². The zero-order valence-corrected chi connectivity index (χ0v) is 16.8. The molecule has 0 aliphatic carbocycles. The maximum atomic E-state index is 12.7. The average Bonchev–Trinajstić information content (AvgIpc) is 2.75. The van der Waals surface area contributed by atoms with Crippen LogP contribution in [0.2, 0.25) is 0 Å². The Labute approximate surface area is 181 Å². The van der Waals surface area contributed by atoms with Gasteiger partial charge in [0.05, 0.1) is 12.2 Å². The second-order valence-corrected chi connectivity index (χ2v) is 6.80. The van der Waals surface area contributed by atoms with Crippen LogP contribution in [0.15, 0.2) is 54.6 Å². The highest BCUT2D eigenvalue weighted by Gasteiger charge is 2.30. The number of rotatable bonds is 9. The van der Waals surface area contributed by atoms with Gasteiger partial charge in [-0.2, -0.15) is 13.2 Å². The normalized spacial score (nSPS) is 13.0. The highest BCUT2D eigenvalue weighted by atomic mass is 19.4. The van der Waals surface area contributed by atoms with E-state index in [1.165, 1.54) is 0 Å². The molecule has 0 fully saturated rings. The Bertz CT molecular complexity index is 921. The van der Waals surface area contributed by atoms with Crippen LogP contribution < -0.4 is 16.4 Å². The Morgan fingerprint density at radius 1 is 0.938 bits per heavy atom. The van der Waals surface area contributed by atoms with Crippen molar-refractivity contribution < 1.29 is 37.4 Å². The first-order valence-electron chi connectivity index (χ1n) is 9.44. The molecule has 2 atom stereocenters. The van der Waals surface area contributed by atoms with Gasteiger partial charge < -0.3 is 26.2 Å². The molecule has 0 saturated carbocycles. The molecule has 0 aromatic heterocycles. The molecule has 0 aliphatic heterocycles. The zero-order chi connectivity index (χ0) is 23.7. The summed E-state index contributed by atoms with van der Waals surface area (Å²) in [5, 5.41) is 13.9. The van der Waals surface area contributed by atoms with Crippen LogP contribution >= 0.6 is 0 Å². The third-order valence-corrected chi connectivity index (χ3v) is 4.38. The van der Waals surface area contributed by atoms with E-state index in [9.17, 15) is 32.7 Å². The number of aliphatic hydroxyl groups is 1. The number of carbonyl (C=O) groups is 3. The molecule has 0 unspecified atom stereocenters. The molecule has 172 valence electrons. The highest BCUT2D eigenvalue weighted by molar-refractivity contribution is 5.91. The largest absolute Gasteiger partial charge is 0.445 e. The SMILES string of the molecule is NC(=O)[C@@H](Cc1ccc(C(F)(F)F)cc1)NC(=O)[C@H](CO)NC(=O)OCc1ccccc1. The van der Waals surface area contributed by atoms with E-state index >= 15 is 0 Å². The fourth-order valence-corrected chi connectivity index (χ4v) is 2.66. The Kier molecular flexibility index (Phi) is 8.59. The molecule has 11 heteroatoms. The summed E-state index contributed by atoms with van der Waals surface area (Å²) in [6.07, 6.45) is -5.66. The molecule has 0 spiro atoms. The third kappa shape index (κ3) is 7.58. The van der Waals surface area contributed by atoms with Crippen LogP contribution in [0.4, 0.5) is 18.0 Å². The first kappa shape index (κ1) is 24.7. The number of primary amides is 1. The summed E-state index contributed by atoms with van der Waals surface area (Å²) in [6.45, 7) is -0.859. The van der Waals surface area contributed by atoms with Crippen LogP contribution in [0.5, 0.6) is 0 Å². The molecular formula is C21H22F3N3O5. The Morgan fingerprint density at radius 3 is 2.09 bits per heavy atom. The second kappa shape index (κ2) is 11.1. The number of hydrogen-bond donors (Lipinski definition) is 4. The number of aliphatic hydroxyl groups excluding tert-OH is 1. The lowest BCUT2D eigenvalue weighted by Gasteiger charge is -2.20. The van der Waals surface area contributed by atoms with Crippen molar-refractivity contribution in [2.45, 2.75) is 31.3 Å². The Balaban J connectivity index is 1.94. The molecule has 2 rings (SSSR count). The van der Waals surface area contributed by atoms with Crippen molar-refractivity contribution >= 4 is 17.9 Å². The Hall–Kier alpha value is -3.60. The van der Waals surface area contributed by atoms with Gasteiger partial charge in [0.15, 0.2) is 0 Å². The smallest absolute Gasteiger partial charge is 0.416 e. The summed E-state index contributed by atoms with van der Waals surface area (Å²) in [4.78, 5) is 36.0. The van der Waals surface area contributed by atoms with Gasteiger partial charge in [0.1, 0.15) is 18.7 Å². The Morgan fingerprint density at radius 2 is 1.56 bits per heavy atom. The molecular weight excluding hydrogens is 431 g/mol. The first-order chi connectivity index (χ1) is 15.1. The lowest BCUT2D eigenvalue weighted by atomic mass is 10.0. The molecule has 0 radical (unpaired) electrons. The number of halogens is 3. The van der Waals surface area contributed by atoms with E-state index in [0.717, 1.165) is 24.3 Å².